The third kappa shape index (κ3) is 4.46. The smallest absolute Gasteiger partial charge is 0.321 e. The van der Waals surface area contributed by atoms with Crippen molar-refractivity contribution in [3.8, 4) is 11.4 Å². The quantitative estimate of drug-likeness (QED) is 0.611. The Balaban J connectivity index is 1.90. The van der Waals surface area contributed by atoms with Crippen LogP contribution in [-0.2, 0) is 4.79 Å². The number of amides is 3. The maximum absolute atomic E-state index is 12.7. The Bertz CT molecular complexity index is 945. The van der Waals surface area contributed by atoms with E-state index in [1.54, 1.807) is 31.4 Å². The monoisotopic (exact) mass is 398 g/mol. The summed E-state index contributed by atoms with van der Waals surface area (Å²) in [6, 6.07) is 15.7. The summed E-state index contributed by atoms with van der Waals surface area (Å²) in [7, 11) is 3.03. The van der Waals surface area contributed by atoms with Crippen LogP contribution in [0.5, 0.6) is 5.75 Å². The van der Waals surface area contributed by atoms with Gasteiger partial charge in [0.15, 0.2) is 0 Å². The maximum atomic E-state index is 12.7. The van der Waals surface area contributed by atoms with E-state index < -0.39 is 17.2 Å². The number of imide groups is 1. The van der Waals surface area contributed by atoms with Crippen LogP contribution < -0.4 is 15.4 Å². The molecule has 2 N–H and O–H groups in total. The van der Waals surface area contributed by atoms with Crippen molar-refractivity contribution < 1.29 is 14.3 Å². The fourth-order valence-corrected chi connectivity index (χ4v) is 3.38. The Labute approximate surface area is 165 Å². The zero-order valence-electron chi connectivity index (χ0n) is 15.2. The third-order valence-corrected chi connectivity index (χ3v) is 4.97. The summed E-state index contributed by atoms with van der Waals surface area (Å²) in [5, 5.41) is 16.1. The zero-order valence-corrected chi connectivity index (χ0v) is 16.0. The number of carbonyl (C=O) groups is 2. The van der Waals surface area contributed by atoms with Crippen molar-refractivity contribution in [3.63, 3.8) is 0 Å². The van der Waals surface area contributed by atoms with Crippen molar-refractivity contribution in [2.75, 3.05) is 14.2 Å². The highest BCUT2D eigenvalue weighted by atomic mass is 32.2. The van der Waals surface area contributed by atoms with Crippen LogP contribution in [0.4, 0.5) is 4.79 Å². The molecule has 0 aliphatic heterocycles. The van der Waals surface area contributed by atoms with Crippen LogP contribution in [0.15, 0.2) is 59.8 Å². The molecule has 9 nitrogen and oxygen atoms in total. The molecule has 0 saturated carbocycles. The Morgan fingerprint density at radius 2 is 1.82 bits per heavy atom. The molecule has 10 heteroatoms. The summed E-state index contributed by atoms with van der Waals surface area (Å²) in [6.07, 6.45) is 0. The van der Waals surface area contributed by atoms with E-state index in [0.717, 1.165) is 17.3 Å². The number of tetrazole rings is 1. The number of rotatable bonds is 6. The van der Waals surface area contributed by atoms with Crippen LogP contribution in [0.3, 0.4) is 0 Å². The van der Waals surface area contributed by atoms with Crippen molar-refractivity contribution in [2.24, 2.45) is 0 Å². The van der Waals surface area contributed by atoms with Crippen LogP contribution >= 0.6 is 11.8 Å². The standard InChI is InChI=1S/C18H18N6O3S/c1-19-17(26)20-16(25)15(12-6-4-3-5-7-12)28-18-21-22-23-24(18)13-8-10-14(27-2)11-9-13/h3-11,15H,1-2H3,(H2,19,20,25,26)/t15-/m0/s1. The number of methoxy groups -OCH3 is 1. The molecule has 144 valence electrons. The molecule has 3 aromatic rings. The molecular formula is C18H18N6O3S. The number of ether oxygens (including phenoxy) is 1. The SMILES string of the molecule is CNC(=O)NC(=O)[C@@H](Sc1nnnn1-c1ccc(OC)cc1)c1ccccc1. The van der Waals surface area contributed by atoms with Gasteiger partial charge in [0.25, 0.3) is 0 Å². The van der Waals surface area contributed by atoms with Gasteiger partial charge in [-0.2, -0.15) is 4.68 Å². The van der Waals surface area contributed by atoms with E-state index in [2.05, 4.69) is 26.2 Å². The van der Waals surface area contributed by atoms with Crippen molar-refractivity contribution in [2.45, 2.75) is 10.4 Å². The summed E-state index contributed by atoms with van der Waals surface area (Å²) < 4.78 is 6.68. The average molecular weight is 398 g/mol. The molecule has 0 aliphatic rings. The van der Waals surface area contributed by atoms with Crippen molar-refractivity contribution in [1.29, 1.82) is 0 Å². The second kappa shape index (κ2) is 9.00. The van der Waals surface area contributed by atoms with Gasteiger partial charge in [-0.05, 0) is 40.3 Å². The molecule has 1 heterocycles. The lowest BCUT2D eigenvalue weighted by atomic mass is 10.1. The molecule has 0 fully saturated rings. The van der Waals surface area contributed by atoms with E-state index in [-0.39, 0.29) is 0 Å². The molecule has 0 spiro atoms. The number of nitrogens with zero attached hydrogens (tertiary/aromatic N) is 4. The zero-order chi connectivity index (χ0) is 19.9. The van der Waals surface area contributed by atoms with Crippen LogP contribution in [0.2, 0.25) is 0 Å². The molecule has 0 unspecified atom stereocenters. The average Bonchev–Trinajstić information content (AvgIpc) is 3.20. The Hall–Kier alpha value is -3.40. The fraction of sp³-hybridized carbons (Fsp3) is 0.167. The Kier molecular flexibility index (Phi) is 6.22. The Morgan fingerprint density at radius 3 is 2.46 bits per heavy atom. The predicted octanol–water partition coefficient (Wildman–Crippen LogP) is 1.96. The third-order valence-electron chi connectivity index (χ3n) is 3.79. The van der Waals surface area contributed by atoms with Crippen molar-refractivity contribution in [3.05, 3.63) is 60.2 Å². The van der Waals surface area contributed by atoms with Gasteiger partial charge in [-0.1, -0.05) is 42.1 Å². The minimum Gasteiger partial charge on any atom is -0.497 e. The summed E-state index contributed by atoms with van der Waals surface area (Å²) in [5.74, 6) is 0.234. The van der Waals surface area contributed by atoms with E-state index in [1.165, 1.54) is 11.7 Å². The van der Waals surface area contributed by atoms with E-state index in [1.807, 2.05) is 30.3 Å². The molecule has 0 aliphatic carbocycles. The van der Waals surface area contributed by atoms with E-state index in [9.17, 15) is 9.59 Å². The van der Waals surface area contributed by atoms with Crippen LogP contribution in [0, 0.1) is 0 Å². The van der Waals surface area contributed by atoms with Gasteiger partial charge in [0.1, 0.15) is 11.0 Å². The number of benzene rings is 2. The summed E-state index contributed by atoms with van der Waals surface area (Å²) in [5.41, 5.74) is 1.44. The number of nitrogens with one attached hydrogen (secondary N) is 2. The first-order valence-corrected chi connectivity index (χ1v) is 9.17. The summed E-state index contributed by atoms with van der Waals surface area (Å²) in [4.78, 5) is 24.3. The maximum Gasteiger partial charge on any atom is 0.321 e. The van der Waals surface area contributed by atoms with Crippen molar-refractivity contribution >= 4 is 23.7 Å². The molecule has 1 atom stereocenters. The first-order chi connectivity index (χ1) is 13.6. The summed E-state index contributed by atoms with van der Waals surface area (Å²) >= 11 is 1.14. The number of hydrogen-bond acceptors (Lipinski definition) is 7. The van der Waals surface area contributed by atoms with Crippen LogP contribution in [-0.4, -0.2) is 46.3 Å². The largest absolute Gasteiger partial charge is 0.497 e. The first kappa shape index (κ1) is 19.4. The van der Waals surface area contributed by atoms with Gasteiger partial charge >= 0.3 is 6.03 Å². The Morgan fingerprint density at radius 1 is 1.11 bits per heavy atom. The summed E-state index contributed by atoms with van der Waals surface area (Å²) in [6.45, 7) is 0. The highest BCUT2D eigenvalue weighted by Crippen LogP contribution is 2.35. The fourth-order valence-electron chi connectivity index (χ4n) is 2.38. The van der Waals surface area contributed by atoms with E-state index in [0.29, 0.717) is 16.6 Å². The van der Waals surface area contributed by atoms with Gasteiger partial charge in [-0.25, -0.2) is 4.79 Å². The van der Waals surface area contributed by atoms with Gasteiger partial charge in [0.2, 0.25) is 11.1 Å². The molecule has 0 bridgehead atoms. The number of carbonyl (C=O) groups excluding carboxylic acids is 2. The molecule has 0 radical (unpaired) electrons. The van der Waals surface area contributed by atoms with Gasteiger partial charge < -0.3 is 10.1 Å². The highest BCUT2D eigenvalue weighted by Gasteiger charge is 2.26. The normalized spacial score (nSPS) is 11.5. The minimum atomic E-state index is -0.721. The van der Waals surface area contributed by atoms with Gasteiger partial charge in [-0.3, -0.25) is 10.1 Å². The first-order valence-electron chi connectivity index (χ1n) is 8.29. The topological polar surface area (TPSA) is 111 Å². The number of aromatic nitrogens is 4. The number of hydrogen-bond donors (Lipinski definition) is 2. The second-order valence-electron chi connectivity index (χ2n) is 5.55. The minimum absolute atomic E-state index is 0.408. The molecule has 0 saturated heterocycles. The van der Waals surface area contributed by atoms with Gasteiger partial charge in [-0.15, -0.1) is 5.10 Å². The van der Waals surface area contributed by atoms with Crippen LogP contribution in [0.1, 0.15) is 10.8 Å². The molecular weight excluding hydrogens is 380 g/mol. The second-order valence-corrected chi connectivity index (χ2v) is 6.62. The number of urea groups is 1. The predicted molar refractivity (Wildman–Crippen MR) is 103 cm³/mol. The molecule has 3 rings (SSSR count). The lowest BCUT2D eigenvalue weighted by Gasteiger charge is -2.15. The molecule has 1 aromatic heterocycles. The number of thioether (sulfide) groups is 1. The molecule has 28 heavy (non-hydrogen) atoms. The van der Waals surface area contributed by atoms with E-state index in [4.69, 9.17) is 4.74 Å². The van der Waals surface area contributed by atoms with Crippen molar-refractivity contribution in [1.82, 2.24) is 30.8 Å². The lowest BCUT2D eigenvalue weighted by Crippen LogP contribution is -2.39. The molecule has 3 amide bonds. The van der Waals surface area contributed by atoms with Gasteiger partial charge in [0.05, 0.1) is 12.8 Å². The highest BCUT2D eigenvalue weighted by molar-refractivity contribution is 8.00. The van der Waals surface area contributed by atoms with Crippen LogP contribution in [0.25, 0.3) is 5.69 Å². The van der Waals surface area contributed by atoms with Gasteiger partial charge in [0, 0.05) is 7.05 Å². The lowest BCUT2D eigenvalue weighted by molar-refractivity contribution is -0.119. The molecule has 2 aromatic carbocycles. The van der Waals surface area contributed by atoms with E-state index >= 15 is 0 Å².